The number of aliphatic hydroxyl groups is 5. The standard InChI is InChI=1S/C4H11NO3.C2H6O2/c5-4(1-6,2-7)3-8;3-1-2-4/h6-8H,1-3,5H2;3-4H,1-2H2. The number of nitrogens with two attached hydrogens (primary N) is 1. The monoisotopic (exact) mass is 183 g/mol. The lowest BCUT2D eigenvalue weighted by Gasteiger charge is -2.20. The molecule has 6 heteroatoms. The van der Waals surface area contributed by atoms with Crippen molar-refractivity contribution in [3.63, 3.8) is 0 Å². The van der Waals surface area contributed by atoms with Crippen LogP contribution in [0.3, 0.4) is 0 Å². The lowest BCUT2D eigenvalue weighted by Crippen LogP contribution is -2.50. The van der Waals surface area contributed by atoms with Crippen molar-refractivity contribution >= 4 is 0 Å². The van der Waals surface area contributed by atoms with Gasteiger partial charge in [-0.1, -0.05) is 0 Å². The SMILES string of the molecule is NC(CO)(CO)CO.OCCO. The van der Waals surface area contributed by atoms with Gasteiger partial charge >= 0.3 is 0 Å². The fourth-order valence-electron chi connectivity index (χ4n) is 0.150. The second-order valence-electron chi connectivity index (χ2n) is 2.28. The average molecular weight is 183 g/mol. The zero-order valence-electron chi connectivity index (χ0n) is 6.85. The lowest BCUT2D eigenvalue weighted by molar-refractivity contribution is 0.0698. The Bertz CT molecular complexity index is 75.7. The molecule has 0 fully saturated rings. The first-order valence-corrected chi connectivity index (χ1v) is 3.43. The molecule has 0 atom stereocenters. The Morgan fingerprint density at radius 1 is 0.750 bits per heavy atom. The van der Waals surface area contributed by atoms with Gasteiger partial charge in [0.15, 0.2) is 0 Å². The summed E-state index contributed by atoms with van der Waals surface area (Å²) < 4.78 is 0. The Morgan fingerprint density at radius 2 is 1.00 bits per heavy atom. The highest BCUT2D eigenvalue weighted by atomic mass is 16.3. The number of hydrogen-bond donors (Lipinski definition) is 6. The summed E-state index contributed by atoms with van der Waals surface area (Å²) in [4.78, 5) is 0. The molecule has 0 saturated carbocycles. The zero-order valence-corrected chi connectivity index (χ0v) is 6.85. The zero-order chi connectivity index (χ0) is 10.0. The molecular formula is C6H17NO5. The molecule has 12 heavy (non-hydrogen) atoms. The summed E-state index contributed by atoms with van der Waals surface area (Å²) in [6, 6.07) is 0. The van der Waals surface area contributed by atoms with Gasteiger partial charge < -0.3 is 31.3 Å². The molecule has 0 aliphatic rings. The molecule has 0 bridgehead atoms. The first-order valence-electron chi connectivity index (χ1n) is 3.43. The smallest absolute Gasteiger partial charge is 0.0856 e. The summed E-state index contributed by atoms with van der Waals surface area (Å²) in [6.45, 7) is -1.46. The highest BCUT2D eigenvalue weighted by Crippen LogP contribution is 1.93. The van der Waals surface area contributed by atoms with Crippen molar-refractivity contribution in [3.8, 4) is 0 Å². The van der Waals surface area contributed by atoms with Crippen molar-refractivity contribution in [3.05, 3.63) is 0 Å². The first-order chi connectivity index (χ1) is 5.60. The molecule has 0 aromatic rings. The van der Waals surface area contributed by atoms with Crippen LogP contribution in [0, 0.1) is 0 Å². The maximum Gasteiger partial charge on any atom is 0.0856 e. The van der Waals surface area contributed by atoms with Gasteiger partial charge in [0.25, 0.3) is 0 Å². The molecule has 0 amide bonds. The van der Waals surface area contributed by atoms with E-state index in [-0.39, 0.29) is 13.2 Å². The summed E-state index contributed by atoms with van der Waals surface area (Å²) in [7, 11) is 0. The summed E-state index contributed by atoms with van der Waals surface area (Å²) in [6.07, 6.45) is 0. The van der Waals surface area contributed by atoms with Gasteiger partial charge in [0.1, 0.15) is 0 Å². The summed E-state index contributed by atoms with van der Waals surface area (Å²) >= 11 is 0. The Labute approximate surface area is 70.9 Å². The molecule has 76 valence electrons. The van der Waals surface area contributed by atoms with Gasteiger partial charge in [-0.25, -0.2) is 0 Å². The van der Waals surface area contributed by atoms with E-state index in [9.17, 15) is 0 Å². The van der Waals surface area contributed by atoms with Crippen molar-refractivity contribution in [1.82, 2.24) is 0 Å². The van der Waals surface area contributed by atoms with Crippen LogP contribution in [0.15, 0.2) is 0 Å². The van der Waals surface area contributed by atoms with E-state index in [0.717, 1.165) is 0 Å². The molecule has 0 aromatic carbocycles. The van der Waals surface area contributed by atoms with Gasteiger partial charge in [-0.15, -0.1) is 0 Å². The van der Waals surface area contributed by atoms with E-state index in [1.54, 1.807) is 0 Å². The number of hydrogen-bond acceptors (Lipinski definition) is 6. The minimum Gasteiger partial charge on any atom is -0.394 e. The van der Waals surface area contributed by atoms with E-state index in [4.69, 9.17) is 31.3 Å². The predicted molar refractivity (Wildman–Crippen MR) is 42.3 cm³/mol. The van der Waals surface area contributed by atoms with E-state index < -0.39 is 25.4 Å². The molecule has 0 rings (SSSR count). The highest BCUT2D eigenvalue weighted by Gasteiger charge is 2.20. The van der Waals surface area contributed by atoms with Crippen LogP contribution in [0.1, 0.15) is 0 Å². The van der Waals surface area contributed by atoms with E-state index in [1.807, 2.05) is 0 Å². The maximum atomic E-state index is 8.34. The molecule has 0 radical (unpaired) electrons. The van der Waals surface area contributed by atoms with Gasteiger partial charge in [-0.05, 0) is 0 Å². The molecule has 0 unspecified atom stereocenters. The minimum absolute atomic E-state index is 0.125. The van der Waals surface area contributed by atoms with Crippen molar-refractivity contribution in [2.75, 3.05) is 33.0 Å². The van der Waals surface area contributed by atoms with Crippen LogP contribution in [-0.4, -0.2) is 64.1 Å². The third-order valence-corrected chi connectivity index (χ3v) is 1.04. The molecule has 0 spiro atoms. The fraction of sp³-hybridized carbons (Fsp3) is 1.00. The highest BCUT2D eigenvalue weighted by molar-refractivity contribution is 4.80. The summed E-state index contributed by atoms with van der Waals surface area (Å²) in [5.41, 5.74) is 3.94. The van der Waals surface area contributed by atoms with Gasteiger partial charge in [0, 0.05) is 0 Å². The van der Waals surface area contributed by atoms with E-state index >= 15 is 0 Å². The Morgan fingerprint density at radius 3 is 1.00 bits per heavy atom. The normalized spacial score (nSPS) is 10.5. The molecule has 0 aromatic heterocycles. The second-order valence-corrected chi connectivity index (χ2v) is 2.28. The molecule has 0 saturated heterocycles. The molecule has 0 aliphatic heterocycles. The van der Waals surface area contributed by atoms with Crippen molar-refractivity contribution in [2.24, 2.45) is 5.73 Å². The predicted octanol–water partition coefficient (Wildman–Crippen LogP) is -3.37. The van der Waals surface area contributed by atoms with Crippen LogP contribution >= 0.6 is 0 Å². The van der Waals surface area contributed by atoms with E-state index in [2.05, 4.69) is 0 Å². The Balaban J connectivity index is 0. The van der Waals surface area contributed by atoms with Gasteiger partial charge in [-0.2, -0.15) is 0 Å². The Hall–Kier alpha value is -0.240. The average Bonchev–Trinajstić information content (AvgIpc) is 2.17. The van der Waals surface area contributed by atoms with Crippen LogP contribution in [0.25, 0.3) is 0 Å². The topological polar surface area (TPSA) is 127 Å². The van der Waals surface area contributed by atoms with Crippen LogP contribution < -0.4 is 5.73 Å². The quantitative estimate of drug-likeness (QED) is 0.270. The van der Waals surface area contributed by atoms with Gasteiger partial charge in [-0.3, -0.25) is 0 Å². The third kappa shape index (κ3) is 7.86. The molecule has 6 nitrogen and oxygen atoms in total. The molecule has 0 heterocycles. The molecular weight excluding hydrogens is 166 g/mol. The molecule has 0 aliphatic carbocycles. The van der Waals surface area contributed by atoms with E-state index in [0.29, 0.717) is 0 Å². The number of rotatable bonds is 4. The summed E-state index contributed by atoms with van der Waals surface area (Å²) in [5, 5.41) is 40.3. The second kappa shape index (κ2) is 8.85. The number of aliphatic hydroxyl groups excluding tert-OH is 5. The third-order valence-electron chi connectivity index (χ3n) is 1.04. The van der Waals surface area contributed by atoms with Gasteiger partial charge in [0.05, 0.1) is 38.6 Å². The van der Waals surface area contributed by atoms with Crippen LogP contribution in [-0.2, 0) is 0 Å². The van der Waals surface area contributed by atoms with Crippen LogP contribution in [0.4, 0.5) is 0 Å². The van der Waals surface area contributed by atoms with Crippen molar-refractivity contribution in [2.45, 2.75) is 5.54 Å². The maximum absolute atomic E-state index is 8.34. The van der Waals surface area contributed by atoms with Gasteiger partial charge in [0.2, 0.25) is 0 Å². The lowest BCUT2D eigenvalue weighted by atomic mass is 10.1. The fourth-order valence-corrected chi connectivity index (χ4v) is 0.150. The van der Waals surface area contributed by atoms with Crippen LogP contribution in [0.5, 0.6) is 0 Å². The largest absolute Gasteiger partial charge is 0.394 e. The molecule has 7 N–H and O–H groups in total. The summed E-state index contributed by atoms with van der Waals surface area (Å²) in [5.74, 6) is 0. The van der Waals surface area contributed by atoms with E-state index in [1.165, 1.54) is 0 Å². The minimum atomic E-state index is -1.21. The van der Waals surface area contributed by atoms with Crippen LogP contribution in [0.2, 0.25) is 0 Å². The van der Waals surface area contributed by atoms with Crippen molar-refractivity contribution in [1.29, 1.82) is 0 Å². The van der Waals surface area contributed by atoms with Crippen molar-refractivity contribution < 1.29 is 25.5 Å². The first kappa shape index (κ1) is 14.3. The Kier molecular flexibility index (Phi) is 10.5.